The summed E-state index contributed by atoms with van der Waals surface area (Å²) in [6.07, 6.45) is 13.0. The van der Waals surface area contributed by atoms with Crippen LogP contribution in [0.5, 0.6) is 0 Å². The molecular weight excluding hydrogens is 1020 g/mol. The molecule has 6 nitrogen and oxygen atoms in total. The van der Waals surface area contributed by atoms with Gasteiger partial charge in [-0.05, 0) is 180 Å². The fourth-order valence-electron chi connectivity index (χ4n) is 14.7. The Morgan fingerprint density at radius 3 is 1.70 bits per heavy atom. The summed E-state index contributed by atoms with van der Waals surface area (Å²) in [7, 11) is 0. The highest BCUT2D eigenvalue weighted by Gasteiger charge is 2.33. The topological polar surface area (TPSA) is 61.4 Å². The predicted molar refractivity (Wildman–Crippen MR) is 347 cm³/mol. The van der Waals surface area contributed by atoms with Crippen molar-refractivity contribution in [3.05, 3.63) is 276 Å². The van der Waals surface area contributed by atoms with E-state index in [1.165, 1.54) is 75.8 Å². The smallest absolute Gasteiger partial charge is 0.156 e. The van der Waals surface area contributed by atoms with Gasteiger partial charge in [0.2, 0.25) is 0 Å². The maximum absolute atomic E-state index is 5.86. The average molecular weight is 1070 g/mol. The molecule has 0 bridgehead atoms. The van der Waals surface area contributed by atoms with E-state index in [0.717, 1.165) is 115 Å². The summed E-state index contributed by atoms with van der Waals surface area (Å²) in [6, 6.07) is 84.1. The van der Waals surface area contributed by atoms with Gasteiger partial charge in [0.05, 0.1) is 33.3 Å². The monoisotopic (exact) mass is 1070 g/mol. The fourth-order valence-corrected chi connectivity index (χ4v) is 14.7. The van der Waals surface area contributed by atoms with Crippen molar-refractivity contribution < 1.29 is 0 Å². The number of aromatic nitrogens is 6. The van der Waals surface area contributed by atoms with Gasteiger partial charge in [-0.15, -0.1) is 0 Å². The highest BCUT2D eigenvalue weighted by atomic mass is 15.1. The number of nitrogens with zero attached hydrogens (tertiary/aromatic N) is 6. The van der Waals surface area contributed by atoms with Gasteiger partial charge in [0.15, 0.2) is 5.82 Å². The van der Waals surface area contributed by atoms with E-state index in [1.807, 2.05) is 0 Å². The van der Waals surface area contributed by atoms with Crippen molar-refractivity contribution in [3.8, 4) is 45.1 Å². The molecule has 12 aromatic carbocycles. The molecule has 3 aliphatic rings. The third kappa shape index (κ3) is 7.23. The second kappa shape index (κ2) is 18.5. The number of benzene rings is 12. The highest BCUT2D eigenvalue weighted by molar-refractivity contribution is 6.26. The van der Waals surface area contributed by atoms with E-state index in [9.17, 15) is 0 Å². The lowest BCUT2D eigenvalue weighted by atomic mass is 9.70. The first-order valence-electron chi connectivity index (χ1n) is 29.5. The summed E-state index contributed by atoms with van der Waals surface area (Å²) >= 11 is 0. The summed E-state index contributed by atoms with van der Waals surface area (Å²) in [4.78, 5) is 22.2. The number of hydrogen-bond acceptors (Lipinski definition) is 4. The van der Waals surface area contributed by atoms with Crippen molar-refractivity contribution >= 4 is 99.4 Å². The van der Waals surface area contributed by atoms with Gasteiger partial charge in [0, 0.05) is 33.5 Å². The number of allylic oxidation sites excluding steroid dienone is 4. The first kappa shape index (κ1) is 47.1. The largest absolute Gasteiger partial charge is 0.293 e. The van der Waals surface area contributed by atoms with Gasteiger partial charge in [-0.3, -0.25) is 9.13 Å². The summed E-state index contributed by atoms with van der Waals surface area (Å²) in [5.41, 5.74) is 17.6. The quantitative estimate of drug-likeness (QED) is 0.142. The molecule has 3 aromatic heterocycles. The predicted octanol–water partition coefficient (Wildman–Crippen LogP) is 17.9. The lowest BCUT2D eigenvalue weighted by molar-refractivity contribution is 0.552. The molecule has 0 aliphatic heterocycles. The Hall–Kier alpha value is -10.6. The molecule has 15 aromatic rings. The van der Waals surface area contributed by atoms with Crippen LogP contribution >= 0.6 is 0 Å². The molecule has 0 saturated carbocycles. The van der Waals surface area contributed by atoms with Crippen LogP contribution in [0.25, 0.3) is 145 Å². The minimum atomic E-state index is 0.223. The van der Waals surface area contributed by atoms with Crippen LogP contribution in [0.3, 0.4) is 0 Å². The SMILES string of the molecule is C1=C(c2nc(-c3ccc(-c4nc5ccccc5n4-c4ccccc4)cc3)c3cc(C4CC=c5ccc6cccc7c6c5C4CC=7)cc(-c4ccc5ccc6cccc7ccc4c5c67)c3n2)CCC(c2nc3ccccc3n2-c2ccccc2)=C1. The maximum Gasteiger partial charge on any atom is 0.156 e. The van der Waals surface area contributed by atoms with E-state index in [2.05, 4.69) is 264 Å². The van der Waals surface area contributed by atoms with Gasteiger partial charge in [-0.1, -0.05) is 194 Å². The second-order valence-electron chi connectivity index (χ2n) is 23.1. The molecule has 0 fully saturated rings. The third-order valence-corrected chi connectivity index (χ3v) is 18.6. The van der Waals surface area contributed by atoms with E-state index in [0.29, 0.717) is 5.92 Å². The van der Waals surface area contributed by atoms with Crippen molar-refractivity contribution in [2.75, 3.05) is 0 Å². The highest BCUT2D eigenvalue weighted by Crippen LogP contribution is 2.49. The van der Waals surface area contributed by atoms with Crippen LogP contribution < -0.4 is 10.4 Å². The second-order valence-corrected chi connectivity index (χ2v) is 23.1. The Labute approximate surface area is 484 Å². The van der Waals surface area contributed by atoms with E-state index in [1.54, 1.807) is 0 Å². The molecule has 0 saturated heterocycles. The Kier molecular flexibility index (Phi) is 10.4. The Morgan fingerprint density at radius 2 is 0.964 bits per heavy atom. The first-order chi connectivity index (χ1) is 41.6. The van der Waals surface area contributed by atoms with E-state index in [-0.39, 0.29) is 5.92 Å². The number of para-hydroxylation sites is 6. The van der Waals surface area contributed by atoms with Crippen LogP contribution in [-0.2, 0) is 0 Å². The first-order valence-corrected chi connectivity index (χ1v) is 29.5. The molecule has 18 rings (SSSR count). The number of fused-ring (bicyclic) bond motifs is 3. The van der Waals surface area contributed by atoms with Gasteiger partial charge in [-0.25, -0.2) is 19.9 Å². The Balaban J connectivity index is 0.877. The van der Waals surface area contributed by atoms with Crippen LogP contribution in [0.2, 0.25) is 0 Å². The summed E-state index contributed by atoms with van der Waals surface area (Å²) in [5.74, 6) is 3.13. The summed E-state index contributed by atoms with van der Waals surface area (Å²) in [5, 5.41) is 14.1. The lowest BCUT2D eigenvalue weighted by Crippen LogP contribution is -2.29. The average Bonchev–Trinajstić information content (AvgIpc) is 1.59. The molecule has 2 atom stereocenters. The minimum absolute atomic E-state index is 0.223. The zero-order valence-electron chi connectivity index (χ0n) is 45.9. The van der Waals surface area contributed by atoms with E-state index in [4.69, 9.17) is 19.9 Å². The maximum atomic E-state index is 5.86. The lowest BCUT2D eigenvalue weighted by Gasteiger charge is -2.34. The molecule has 2 unspecified atom stereocenters. The molecule has 3 heterocycles. The molecule has 6 heteroatoms. The van der Waals surface area contributed by atoms with E-state index >= 15 is 0 Å². The van der Waals surface area contributed by atoms with Gasteiger partial charge >= 0.3 is 0 Å². The van der Waals surface area contributed by atoms with Crippen molar-refractivity contribution in [1.29, 1.82) is 0 Å². The number of imidazole rings is 2. The normalized spacial score (nSPS) is 15.8. The molecule has 0 amide bonds. The number of rotatable bonds is 8. The van der Waals surface area contributed by atoms with Crippen molar-refractivity contribution in [3.63, 3.8) is 0 Å². The molecular formula is C78H52N6. The third-order valence-electron chi connectivity index (χ3n) is 18.6. The van der Waals surface area contributed by atoms with Crippen LogP contribution in [0, 0.1) is 0 Å². The zero-order valence-corrected chi connectivity index (χ0v) is 45.9. The molecule has 0 radical (unpaired) electrons. The van der Waals surface area contributed by atoms with Crippen LogP contribution in [0.15, 0.2) is 243 Å². The molecule has 0 N–H and O–H groups in total. The van der Waals surface area contributed by atoms with Crippen molar-refractivity contribution in [2.45, 2.75) is 37.5 Å². The molecule has 3 aliphatic carbocycles. The van der Waals surface area contributed by atoms with Crippen molar-refractivity contribution in [2.24, 2.45) is 0 Å². The zero-order chi connectivity index (χ0) is 55.0. The van der Waals surface area contributed by atoms with E-state index < -0.39 is 0 Å². The van der Waals surface area contributed by atoms with Gasteiger partial charge in [0.25, 0.3) is 0 Å². The Bertz CT molecular complexity index is 5420. The fraction of sp³-hybridized carbons (Fsp3) is 0.0769. The van der Waals surface area contributed by atoms with Gasteiger partial charge in [-0.2, -0.15) is 0 Å². The van der Waals surface area contributed by atoms with Gasteiger partial charge in [0.1, 0.15) is 11.6 Å². The van der Waals surface area contributed by atoms with Crippen LogP contribution in [0.4, 0.5) is 0 Å². The van der Waals surface area contributed by atoms with Gasteiger partial charge < -0.3 is 0 Å². The Morgan fingerprint density at radius 1 is 0.381 bits per heavy atom. The molecule has 84 heavy (non-hydrogen) atoms. The minimum Gasteiger partial charge on any atom is -0.293 e. The van der Waals surface area contributed by atoms with Crippen molar-refractivity contribution in [1.82, 2.24) is 29.1 Å². The summed E-state index contributed by atoms with van der Waals surface area (Å²) < 4.78 is 4.58. The molecule has 0 spiro atoms. The molecule has 394 valence electrons. The number of hydrogen-bond donors (Lipinski definition) is 0. The van der Waals surface area contributed by atoms with Crippen LogP contribution in [-0.4, -0.2) is 29.1 Å². The van der Waals surface area contributed by atoms with Crippen LogP contribution in [0.1, 0.15) is 60.3 Å². The summed E-state index contributed by atoms with van der Waals surface area (Å²) in [6.45, 7) is 0. The standard InChI is InChI=1S/C78H52N6/c1-3-17-58(18-4-1)83-68-23-9-7-21-66(68)79-77(83)55-33-29-53(30-34-55)74-65-46-57(60-41-37-51-27-25-47-13-11-15-49-39-43-62(60)72(51)70(47)49)45-64(61-42-38-52-28-26-48-14-12-16-50-40-44-63(61)73(52)71(48)50)75(65)82-76(81-74)54-31-35-56(36-32-54)78-80-67-22-8-10-24-69(67)84(78)59-19-5-2-6-20-59/h1-31,33-35,37-40,42,44-46,60,62H,32,36,41,43H2.